The minimum absolute atomic E-state index is 0.135. The third-order valence-corrected chi connectivity index (χ3v) is 3.89. The van der Waals surface area contributed by atoms with Crippen molar-refractivity contribution in [2.75, 3.05) is 25.0 Å². The Kier molecular flexibility index (Phi) is 4.09. The maximum absolute atomic E-state index is 14.1. The second-order valence-corrected chi connectivity index (χ2v) is 6.09. The maximum atomic E-state index is 14.1. The van der Waals surface area contributed by atoms with Gasteiger partial charge in [0.05, 0.1) is 0 Å². The van der Waals surface area contributed by atoms with Gasteiger partial charge in [0, 0.05) is 19.6 Å². The molecular formula is C15H22F2N2. The highest BCUT2D eigenvalue weighted by Gasteiger charge is 2.28. The van der Waals surface area contributed by atoms with Gasteiger partial charge in [-0.05, 0) is 43.0 Å². The molecule has 1 aromatic rings. The molecule has 1 aliphatic rings. The Morgan fingerprint density at radius 3 is 2.16 bits per heavy atom. The number of halogens is 2. The molecule has 0 unspecified atom stereocenters. The number of hydrogen-bond acceptors (Lipinski definition) is 2. The average molecular weight is 268 g/mol. The molecule has 0 aromatic heterocycles. The van der Waals surface area contributed by atoms with Crippen molar-refractivity contribution in [1.82, 2.24) is 5.32 Å². The van der Waals surface area contributed by atoms with Gasteiger partial charge in [-0.1, -0.05) is 13.8 Å². The fourth-order valence-corrected chi connectivity index (χ4v) is 2.56. The number of hydrogen-bond donors (Lipinski definition) is 1. The molecular weight excluding hydrogens is 246 g/mol. The first-order chi connectivity index (χ1) is 8.93. The van der Waals surface area contributed by atoms with Gasteiger partial charge in [0.25, 0.3) is 0 Å². The number of rotatable bonds is 3. The standard InChI is InChI=1S/C15H22F2N2/c1-15(2)4-6-19(7-5-15)14-12(16)8-11(10-18-3)9-13(14)17/h8-9,18H,4-7,10H2,1-3H3. The van der Waals surface area contributed by atoms with Crippen LogP contribution in [0.15, 0.2) is 12.1 Å². The zero-order valence-electron chi connectivity index (χ0n) is 11.9. The van der Waals surface area contributed by atoms with Crippen LogP contribution in [-0.2, 0) is 6.54 Å². The van der Waals surface area contributed by atoms with Crippen molar-refractivity contribution < 1.29 is 8.78 Å². The Morgan fingerprint density at radius 1 is 1.16 bits per heavy atom. The van der Waals surface area contributed by atoms with Crippen LogP contribution >= 0.6 is 0 Å². The Labute approximate surface area is 113 Å². The summed E-state index contributed by atoms with van der Waals surface area (Å²) in [5, 5.41) is 2.90. The first-order valence-electron chi connectivity index (χ1n) is 6.80. The van der Waals surface area contributed by atoms with E-state index in [4.69, 9.17) is 0 Å². The number of nitrogens with one attached hydrogen (secondary N) is 1. The van der Waals surface area contributed by atoms with Crippen LogP contribution in [-0.4, -0.2) is 20.1 Å². The molecule has 2 rings (SSSR count). The van der Waals surface area contributed by atoms with Crippen molar-refractivity contribution in [3.63, 3.8) is 0 Å². The molecule has 1 heterocycles. The molecule has 19 heavy (non-hydrogen) atoms. The molecule has 0 aliphatic carbocycles. The van der Waals surface area contributed by atoms with Gasteiger partial charge >= 0.3 is 0 Å². The lowest BCUT2D eigenvalue weighted by molar-refractivity contribution is 0.278. The van der Waals surface area contributed by atoms with E-state index >= 15 is 0 Å². The van der Waals surface area contributed by atoms with Gasteiger partial charge in [-0.15, -0.1) is 0 Å². The van der Waals surface area contributed by atoms with Crippen LogP contribution in [0, 0.1) is 17.0 Å². The van der Waals surface area contributed by atoms with Gasteiger partial charge in [-0.3, -0.25) is 0 Å². The first kappa shape index (κ1) is 14.3. The van der Waals surface area contributed by atoms with Crippen LogP contribution in [0.5, 0.6) is 0 Å². The number of anilines is 1. The number of benzene rings is 1. The molecule has 0 amide bonds. The highest BCUT2D eigenvalue weighted by Crippen LogP contribution is 2.34. The van der Waals surface area contributed by atoms with E-state index in [0.717, 1.165) is 12.8 Å². The van der Waals surface area contributed by atoms with Crippen LogP contribution in [0.25, 0.3) is 0 Å². The van der Waals surface area contributed by atoms with Gasteiger partial charge in [0.2, 0.25) is 0 Å². The van der Waals surface area contributed by atoms with Gasteiger partial charge < -0.3 is 10.2 Å². The lowest BCUT2D eigenvalue weighted by atomic mass is 9.82. The van der Waals surface area contributed by atoms with E-state index in [0.29, 0.717) is 25.2 Å². The van der Waals surface area contributed by atoms with Gasteiger partial charge in [0.1, 0.15) is 17.3 Å². The molecule has 1 fully saturated rings. The maximum Gasteiger partial charge on any atom is 0.149 e. The van der Waals surface area contributed by atoms with E-state index in [1.807, 2.05) is 4.90 Å². The van der Waals surface area contributed by atoms with Crippen LogP contribution < -0.4 is 10.2 Å². The zero-order chi connectivity index (χ0) is 14.0. The molecule has 0 atom stereocenters. The topological polar surface area (TPSA) is 15.3 Å². The molecule has 0 bridgehead atoms. The smallest absolute Gasteiger partial charge is 0.149 e. The molecule has 2 nitrogen and oxygen atoms in total. The van der Waals surface area contributed by atoms with Gasteiger partial charge in [-0.2, -0.15) is 0 Å². The Bertz CT molecular complexity index is 424. The number of nitrogens with zero attached hydrogens (tertiary/aromatic N) is 1. The molecule has 0 saturated carbocycles. The van der Waals surface area contributed by atoms with Crippen LogP contribution in [0.4, 0.5) is 14.5 Å². The summed E-state index contributed by atoms with van der Waals surface area (Å²) in [5.41, 5.74) is 1.05. The molecule has 4 heteroatoms. The van der Waals surface area contributed by atoms with E-state index in [1.165, 1.54) is 12.1 Å². The minimum Gasteiger partial charge on any atom is -0.367 e. The molecule has 1 N–H and O–H groups in total. The highest BCUT2D eigenvalue weighted by atomic mass is 19.1. The van der Waals surface area contributed by atoms with Crippen LogP contribution in [0.1, 0.15) is 32.3 Å². The Morgan fingerprint density at radius 2 is 1.68 bits per heavy atom. The second kappa shape index (κ2) is 5.45. The average Bonchev–Trinajstić information content (AvgIpc) is 2.31. The predicted molar refractivity (Wildman–Crippen MR) is 74.3 cm³/mol. The minimum atomic E-state index is -0.454. The summed E-state index contributed by atoms with van der Waals surface area (Å²) in [5.74, 6) is -0.907. The number of piperidine rings is 1. The van der Waals surface area contributed by atoms with Crippen molar-refractivity contribution >= 4 is 5.69 Å². The van der Waals surface area contributed by atoms with E-state index < -0.39 is 11.6 Å². The summed E-state index contributed by atoms with van der Waals surface area (Å²) in [4.78, 5) is 1.83. The molecule has 106 valence electrons. The molecule has 1 saturated heterocycles. The third-order valence-electron chi connectivity index (χ3n) is 3.89. The van der Waals surface area contributed by atoms with E-state index in [-0.39, 0.29) is 11.1 Å². The molecule has 1 aromatic carbocycles. The van der Waals surface area contributed by atoms with Gasteiger partial charge in [0.15, 0.2) is 0 Å². The predicted octanol–water partition coefficient (Wildman–Crippen LogP) is 3.31. The lowest BCUT2D eigenvalue weighted by Gasteiger charge is -2.38. The van der Waals surface area contributed by atoms with Crippen molar-refractivity contribution in [3.8, 4) is 0 Å². The first-order valence-corrected chi connectivity index (χ1v) is 6.80. The summed E-state index contributed by atoms with van der Waals surface area (Å²) in [6.07, 6.45) is 1.92. The Hall–Kier alpha value is -1.16. The normalized spacial score (nSPS) is 18.7. The quantitative estimate of drug-likeness (QED) is 0.904. The van der Waals surface area contributed by atoms with E-state index in [9.17, 15) is 8.78 Å². The monoisotopic (exact) mass is 268 g/mol. The molecule has 0 spiro atoms. The fraction of sp³-hybridized carbons (Fsp3) is 0.600. The van der Waals surface area contributed by atoms with Crippen molar-refractivity contribution in [1.29, 1.82) is 0 Å². The zero-order valence-corrected chi connectivity index (χ0v) is 11.9. The highest BCUT2D eigenvalue weighted by molar-refractivity contribution is 5.51. The summed E-state index contributed by atoms with van der Waals surface area (Å²) < 4.78 is 28.2. The van der Waals surface area contributed by atoms with Crippen LogP contribution in [0.3, 0.4) is 0 Å². The fourth-order valence-electron chi connectivity index (χ4n) is 2.56. The van der Waals surface area contributed by atoms with Crippen LogP contribution in [0.2, 0.25) is 0 Å². The van der Waals surface area contributed by atoms with Gasteiger partial charge in [-0.25, -0.2) is 8.78 Å². The summed E-state index contributed by atoms with van der Waals surface area (Å²) in [7, 11) is 1.76. The van der Waals surface area contributed by atoms with Crippen molar-refractivity contribution in [2.45, 2.75) is 33.2 Å². The third kappa shape index (κ3) is 3.24. The van der Waals surface area contributed by atoms with E-state index in [1.54, 1.807) is 7.05 Å². The SMILES string of the molecule is CNCc1cc(F)c(N2CCC(C)(C)CC2)c(F)c1. The van der Waals surface area contributed by atoms with Crippen molar-refractivity contribution in [2.24, 2.45) is 5.41 Å². The largest absolute Gasteiger partial charge is 0.367 e. The van der Waals surface area contributed by atoms with Crippen molar-refractivity contribution in [3.05, 3.63) is 29.3 Å². The lowest BCUT2D eigenvalue weighted by Crippen LogP contribution is -2.38. The summed E-state index contributed by atoms with van der Waals surface area (Å²) in [6.45, 7) is 6.31. The summed E-state index contributed by atoms with van der Waals surface area (Å²) >= 11 is 0. The molecule has 1 aliphatic heterocycles. The molecule has 0 radical (unpaired) electrons. The Balaban J connectivity index is 2.21. The summed E-state index contributed by atoms with van der Waals surface area (Å²) in [6, 6.07) is 2.85. The second-order valence-electron chi connectivity index (χ2n) is 6.09. The van der Waals surface area contributed by atoms with E-state index in [2.05, 4.69) is 19.2 Å².